The van der Waals surface area contributed by atoms with Crippen molar-refractivity contribution < 1.29 is 9.53 Å². The van der Waals surface area contributed by atoms with E-state index in [9.17, 15) is 4.79 Å². The van der Waals surface area contributed by atoms with Gasteiger partial charge in [-0.05, 0) is 25.3 Å². The Hall–Kier alpha value is -1.26. The number of carbonyl (C=O) groups excluding carboxylic acids is 1. The molecule has 1 heterocycles. The van der Waals surface area contributed by atoms with E-state index in [4.69, 9.17) is 10.5 Å². The highest BCUT2D eigenvalue weighted by molar-refractivity contribution is 5.85. The highest BCUT2D eigenvalue weighted by Gasteiger charge is 2.28. The van der Waals surface area contributed by atoms with E-state index in [0.717, 1.165) is 18.4 Å². The van der Waals surface area contributed by atoms with Gasteiger partial charge in [0.05, 0.1) is 0 Å². The van der Waals surface area contributed by atoms with Gasteiger partial charge in [-0.15, -0.1) is 12.4 Å². The highest BCUT2D eigenvalue weighted by Crippen LogP contribution is 2.17. The Morgan fingerprint density at radius 2 is 2.05 bits per heavy atom. The number of likely N-dealkylation sites (tertiary alicyclic amines) is 1. The first-order valence-electron chi connectivity index (χ1n) is 6.39. The van der Waals surface area contributed by atoms with Gasteiger partial charge in [0, 0.05) is 18.6 Å². The summed E-state index contributed by atoms with van der Waals surface area (Å²) in [7, 11) is 0. The average Bonchev–Trinajstić information content (AvgIpc) is 2.40. The number of hydrogen-bond acceptors (Lipinski definition) is 3. The summed E-state index contributed by atoms with van der Waals surface area (Å²) in [5, 5.41) is 0. The zero-order valence-electron chi connectivity index (χ0n) is 11.1. The van der Waals surface area contributed by atoms with E-state index in [1.807, 2.05) is 37.3 Å². The van der Waals surface area contributed by atoms with Crippen molar-refractivity contribution >= 4 is 18.5 Å². The van der Waals surface area contributed by atoms with Gasteiger partial charge in [0.25, 0.3) is 0 Å². The summed E-state index contributed by atoms with van der Waals surface area (Å²) in [5.41, 5.74) is 6.88. The van der Waals surface area contributed by atoms with Crippen molar-refractivity contribution in [3.8, 4) is 0 Å². The van der Waals surface area contributed by atoms with Crippen molar-refractivity contribution in [3.05, 3.63) is 35.9 Å². The van der Waals surface area contributed by atoms with E-state index in [0.29, 0.717) is 13.2 Å². The second-order valence-corrected chi connectivity index (χ2v) is 4.88. The minimum atomic E-state index is -0.262. The second-order valence-electron chi connectivity index (χ2n) is 4.88. The van der Waals surface area contributed by atoms with Crippen LogP contribution in [0.25, 0.3) is 0 Å². The van der Waals surface area contributed by atoms with Gasteiger partial charge in [0.2, 0.25) is 0 Å². The van der Waals surface area contributed by atoms with Crippen LogP contribution < -0.4 is 5.73 Å². The molecule has 1 fully saturated rings. The summed E-state index contributed by atoms with van der Waals surface area (Å²) >= 11 is 0. The van der Waals surface area contributed by atoms with Gasteiger partial charge in [-0.25, -0.2) is 4.79 Å². The quantitative estimate of drug-likeness (QED) is 0.908. The van der Waals surface area contributed by atoms with Crippen molar-refractivity contribution in [3.63, 3.8) is 0 Å². The van der Waals surface area contributed by atoms with Crippen LogP contribution in [0, 0.1) is 0 Å². The SMILES string of the molecule is C[C@@H]1CC[C@H](N)CN1C(=O)OCc1ccccc1.Cl. The van der Waals surface area contributed by atoms with Crippen LogP contribution in [-0.2, 0) is 11.3 Å². The van der Waals surface area contributed by atoms with E-state index in [-0.39, 0.29) is 30.6 Å². The molecule has 2 rings (SSSR count). The molecule has 1 aromatic carbocycles. The number of hydrogen-bond donors (Lipinski definition) is 1. The van der Waals surface area contributed by atoms with E-state index in [2.05, 4.69) is 0 Å². The van der Waals surface area contributed by atoms with Crippen LogP contribution in [0.4, 0.5) is 4.79 Å². The molecule has 1 aliphatic rings. The van der Waals surface area contributed by atoms with Crippen LogP contribution in [0.1, 0.15) is 25.3 Å². The van der Waals surface area contributed by atoms with Gasteiger partial charge < -0.3 is 15.4 Å². The molecule has 0 aromatic heterocycles. The third-order valence-corrected chi connectivity index (χ3v) is 3.36. The lowest BCUT2D eigenvalue weighted by atomic mass is 10.0. The van der Waals surface area contributed by atoms with Crippen molar-refractivity contribution in [2.75, 3.05) is 6.54 Å². The molecular formula is C14H21ClN2O2. The molecule has 1 saturated heterocycles. The van der Waals surface area contributed by atoms with Crippen LogP contribution >= 0.6 is 12.4 Å². The Kier molecular flexibility index (Phi) is 6.12. The minimum absolute atomic E-state index is 0. The lowest BCUT2D eigenvalue weighted by Crippen LogP contribution is -2.50. The molecule has 19 heavy (non-hydrogen) atoms. The number of rotatable bonds is 2. The van der Waals surface area contributed by atoms with Gasteiger partial charge in [-0.1, -0.05) is 30.3 Å². The normalized spacial score (nSPS) is 22.5. The summed E-state index contributed by atoms with van der Waals surface area (Å²) < 4.78 is 5.32. The van der Waals surface area contributed by atoms with Gasteiger partial charge in [-0.2, -0.15) is 0 Å². The Balaban J connectivity index is 0.00000180. The molecule has 0 spiro atoms. The molecular weight excluding hydrogens is 264 g/mol. The maximum absolute atomic E-state index is 12.0. The average molecular weight is 285 g/mol. The van der Waals surface area contributed by atoms with Gasteiger partial charge in [0.1, 0.15) is 6.61 Å². The number of piperidine rings is 1. The van der Waals surface area contributed by atoms with Crippen molar-refractivity contribution in [1.82, 2.24) is 4.90 Å². The number of ether oxygens (including phenoxy) is 1. The highest BCUT2D eigenvalue weighted by atomic mass is 35.5. The maximum atomic E-state index is 12.0. The summed E-state index contributed by atoms with van der Waals surface area (Å²) in [4.78, 5) is 13.7. The lowest BCUT2D eigenvalue weighted by molar-refractivity contribution is 0.0680. The Labute approximate surface area is 120 Å². The monoisotopic (exact) mass is 284 g/mol. The predicted molar refractivity (Wildman–Crippen MR) is 77.3 cm³/mol. The largest absolute Gasteiger partial charge is 0.445 e. The van der Waals surface area contributed by atoms with Gasteiger partial charge >= 0.3 is 6.09 Å². The van der Waals surface area contributed by atoms with Gasteiger partial charge in [-0.3, -0.25) is 0 Å². The minimum Gasteiger partial charge on any atom is -0.445 e. The predicted octanol–water partition coefficient (Wildman–Crippen LogP) is 2.56. The molecule has 1 aliphatic heterocycles. The first-order chi connectivity index (χ1) is 8.66. The van der Waals surface area contributed by atoms with Crippen LogP contribution in [0.2, 0.25) is 0 Å². The molecule has 4 nitrogen and oxygen atoms in total. The van der Waals surface area contributed by atoms with Crippen LogP contribution in [0.15, 0.2) is 30.3 Å². The number of benzene rings is 1. The molecule has 0 aliphatic carbocycles. The number of halogens is 1. The zero-order chi connectivity index (χ0) is 13.0. The molecule has 0 unspecified atom stereocenters. The smallest absolute Gasteiger partial charge is 0.410 e. The molecule has 0 saturated carbocycles. The van der Waals surface area contributed by atoms with Crippen molar-refractivity contribution in [2.45, 2.75) is 38.5 Å². The number of nitrogens with two attached hydrogens (primary N) is 1. The topological polar surface area (TPSA) is 55.6 Å². The fraction of sp³-hybridized carbons (Fsp3) is 0.500. The summed E-state index contributed by atoms with van der Waals surface area (Å²) in [5.74, 6) is 0. The Morgan fingerprint density at radius 3 is 2.74 bits per heavy atom. The molecule has 2 atom stereocenters. The van der Waals surface area contributed by atoms with Crippen LogP contribution in [0.5, 0.6) is 0 Å². The van der Waals surface area contributed by atoms with E-state index < -0.39 is 0 Å². The van der Waals surface area contributed by atoms with E-state index >= 15 is 0 Å². The van der Waals surface area contributed by atoms with Gasteiger partial charge in [0.15, 0.2) is 0 Å². The zero-order valence-corrected chi connectivity index (χ0v) is 11.9. The summed E-state index contributed by atoms with van der Waals surface area (Å²) in [6, 6.07) is 9.98. The molecule has 0 radical (unpaired) electrons. The fourth-order valence-corrected chi connectivity index (χ4v) is 2.19. The third kappa shape index (κ3) is 4.40. The second kappa shape index (κ2) is 7.36. The number of amides is 1. The van der Waals surface area contributed by atoms with E-state index in [1.165, 1.54) is 0 Å². The number of nitrogens with zero attached hydrogens (tertiary/aromatic N) is 1. The first-order valence-corrected chi connectivity index (χ1v) is 6.39. The third-order valence-electron chi connectivity index (χ3n) is 3.36. The summed E-state index contributed by atoms with van der Waals surface area (Å²) in [6.45, 7) is 2.95. The summed E-state index contributed by atoms with van der Waals surface area (Å²) in [6.07, 6.45) is 1.66. The van der Waals surface area contributed by atoms with Crippen LogP contribution in [-0.4, -0.2) is 29.6 Å². The molecule has 0 bridgehead atoms. The van der Waals surface area contributed by atoms with Crippen molar-refractivity contribution in [1.29, 1.82) is 0 Å². The standard InChI is InChI=1S/C14H20N2O2.ClH/c1-11-7-8-13(15)9-16(11)14(17)18-10-12-5-3-2-4-6-12;/h2-6,11,13H,7-10,15H2,1H3;1H/t11-,13+;/m1./s1. The Bertz CT molecular complexity index is 400. The molecule has 1 aromatic rings. The first kappa shape index (κ1) is 15.8. The Morgan fingerprint density at radius 1 is 1.37 bits per heavy atom. The van der Waals surface area contributed by atoms with Crippen molar-refractivity contribution in [2.24, 2.45) is 5.73 Å². The maximum Gasteiger partial charge on any atom is 0.410 e. The molecule has 1 amide bonds. The molecule has 106 valence electrons. The van der Waals surface area contributed by atoms with E-state index in [1.54, 1.807) is 4.90 Å². The number of carbonyl (C=O) groups is 1. The fourth-order valence-electron chi connectivity index (χ4n) is 2.19. The lowest BCUT2D eigenvalue weighted by Gasteiger charge is -2.35. The van der Waals surface area contributed by atoms with Crippen LogP contribution in [0.3, 0.4) is 0 Å². The molecule has 2 N–H and O–H groups in total. The molecule has 5 heteroatoms.